The van der Waals surface area contributed by atoms with Crippen LogP contribution in [0.25, 0.3) is 22.2 Å². The lowest BCUT2D eigenvalue weighted by molar-refractivity contribution is -0.0576. The predicted molar refractivity (Wildman–Crippen MR) is 156 cm³/mol. The summed E-state index contributed by atoms with van der Waals surface area (Å²) >= 11 is 0. The van der Waals surface area contributed by atoms with Crippen molar-refractivity contribution in [3.8, 4) is 17.0 Å². The number of rotatable bonds is 8. The van der Waals surface area contributed by atoms with Crippen molar-refractivity contribution in [2.45, 2.75) is 51.7 Å². The number of nitrogens with one attached hydrogen (secondary N) is 1. The van der Waals surface area contributed by atoms with Gasteiger partial charge in [0, 0.05) is 45.9 Å². The smallest absolute Gasteiger partial charge is 0.265 e. The van der Waals surface area contributed by atoms with Crippen LogP contribution in [0.15, 0.2) is 54.7 Å². The van der Waals surface area contributed by atoms with Gasteiger partial charge in [-0.2, -0.15) is 0 Å². The summed E-state index contributed by atoms with van der Waals surface area (Å²) in [6.45, 7) is 6.99. The molecule has 0 saturated carbocycles. The fourth-order valence-electron chi connectivity index (χ4n) is 5.61. The van der Waals surface area contributed by atoms with Gasteiger partial charge in [-0.3, -0.25) is 9.78 Å². The van der Waals surface area contributed by atoms with Gasteiger partial charge < -0.3 is 19.9 Å². The monoisotopic (exact) mass is 611 g/mol. The van der Waals surface area contributed by atoms with Gasteiger partial charge in [-0.25, -0.2) is 22.5 Å². The van der Waals surface area contributed by atoms with E-state index in [1.165, 1.54) is 69.5 Å². The summed E-state index contributed by atoms with van der Waals surface area (Å²) in [5.41, 5.74) is -2.89. The van der Waals surface area contributed by atoms with Gasteiger partial charge in [-0.05, 0) is 68.8 Å². The third-order valence-corrected chi connectivity index (χ3v) is 8.32. The first kappa shape index (κ1) is 31.3. The quantitative estimate of drug-likeness (QED) is 0.213. The Hall–Kier alpha value is -4.09. The Kier molecular flexibility index (Phi) is 8.15. The number of aromatic nitrogens is 2. The molecule has 1 amide bonds. The summed E-state index contributed by atoms with van der Waals surface area (Å²) < 4.78 is 68.0. The van der Waals surface area contributed by atoms with Gasteiger partial charge >= 0.3 is 0 Å². The first-order valence-electron chi connectivity index (χ1n) is 14.0. The summed E-state index contributed by atoms with van der Waals surface area (Å²) in [6, 6.07) is 10.8. The minimum absolute atomic E-state index is 0.0413. The van der Waals surface area contributed by atoms with Crippen LogP contribution in [0.1, 0.15) is 67.7 Å². The van der Waals surface area contributed by atoms with Crippen LogP contribution < -0.4 is 10.1 Å². The molecule has 0 bridgehead atoms. The van der Waals surface area contributed by atoms with Crippen molar-refractivity contribution in [3.05, 3.63) is 88.7 Å². The van der Waals surface area contributed by atoms with Gasteiger partial charge in [0.05, 0.1) is 24.9 Å². The number of halogens is 4. The number of nitrogens with zero attached hydrogens (tertiary/aromatic N) is 2. The highest BCUT2D eigenvalue weighted by atomic mass is 19.3. The predicted octanol–water partition coefficient (Wildman–Crippen LogP) is 6.82. The highest BCUT2D eigenvalue weighted by Gasteiger charge is 2.53. The van der Waals surface area contributed by atoms with E-state index in [1.807, 2.05) is 13.8 Å². The average Bonchev–Trinajstić information content (AvgIpc) is 3.28. The Morgan fingerprint density at radius 3 is 2.43 bits per heavy atom. The van der Waals surface area contributed by atoms with Gasteiger partial charge in [0.15, 0.2) is 5.82 Å². The summed E-state index contributed by atoms with van der Waals surface area (Å²) in [5.74, 6) is -1.57. The lowest BCUT2D eigenvalue weighted by Crippen LogP contribution is -2.49. The van der Waals surface area contributed by atoms with Crippen LogP contribution in [-0.2, 0) is 15.9 Å². The molecule has 4 aromatic rings. The molecule has 0 spiro atoms. The maximum atomic E-state index is 15.9. The van der Waals surface area contributed by atoms with E-state index in [0.717, 1.165) is 6.20 Å². The van der Waals surface area contributed by atoms with Crippen LogP contribution >= 0.6 is 0 Å². The van der Waals surface area contributed by atoms with E-state index in [4.69, 9.17) is 9.47 Å². The number of ether oxygens (including phenoxy) is 2. The van der Waals surface area contributed by atoms with Gasteiger partial charge in [-0.1, -0.05) is 13.8 Å². The van der Waals surface area contributed by atoms with Crippen LogP contribution in [-0.4, -0.2) is 41.2 Å². The fraction of sp³-hybridized carbons (Fsp3) is 0.364. The van der Waals surface area contributed by atoms with Gasteiger partial charge in [0.2, 0.25) is 0 Å². The second kappa shape index (κ2) is 11.4. The zero-order valence-electron chi connectivity index (χ0n) is 25.0. The first-order chi connectivity index (χ1) is 20.7. The summed E-state index contributed by atoms with van der Waals surface area (Å²) in [5, 5.41) is 14.1. The lowest BCUT2D eigenvalue weighted by atomic mass is 9.71. The van der Waals surface area contributed by atoms with Crippen LogP contribution in [0.3, 0.4) is 0 Å². The molecule has 1 saturated heterocycles. The zero-order valence-corrected chi connectivity index (χ0v) is 25.0. The number of methoxy groups -OCH3 is 1. The minimum atomic E-state index is -2.74. The highest BCUT2D eigenvalue weighted by Crippen LogP contribution is 2.50. The SMILES string of the molecule is COc1cc(C(=O)NC[C@]2(c3cc(C(C)(C)O)c(F)c(-c4ccc(F)cc4)n3)OCCC2(C)C)cc2cc(C(F)F)cnc12. The molecule has 2 aromatic carbocycles. The molecule has 44 heavy (non-hydrogen) atoms. The number of pyridine rings is 2. The number of alkyl halides is 2. The van der Waals surface area contributed by atoms with E-state index in [1.54, 1.807) is 0 Å². The van der Waals surface area contributed by atoms with Crippen LogP contribution in [0, 0.1) is 17.0 Å². The fourth-order valence-corrected chi connectivity index (χ4v) is 5.61. The number of amides is 1. The number of fused-ring (bicyclic) bond motifs is 1. The van der Waals surface area contributed by atoms with Crippen molar-refractivity contribution in [2.75, 3.05) is 20.3 Å². The minimum Gasteiger partial charge on any atom is -0.494 e. The number of hydrogen-bond acceptors (Lipinski definition) is 6. The third kappa shape index (κ3) is 5.61. The topological polar surface area (TPSA) is 93.6 Å². The molecule has 0 radical (unpaired) electrons. The van der Waals surface area contributed by atoms with Gasteiger partial charge in [0.25, 0.3) is 12.3 Å². The summed E-state index contributed by atoms with van der Waals surface area (Å²) in [7, 11) is 1.39. The van der Waals surface area contributed by atoms with Crippen molar-refractivity contribution in [2.24, 2.45) is 5.41 Å². The van der Waals surface area contributed by atoms with Crippen LogP contribution in [0.2, 0.25) is 0 Å². The molecule has 1 aliphatic heterocycles. The standard InChI is InChI=1S/C33H33F4N3O4/c1-31(2)10-11-44-33(31,25-15-23(32(3,4)42)26(35)28(40-25)18-6-8-22(34)9-7-18)17-39-30(41)20-12-19-13-21(29(36)37)16-38-27(19)24(14-20)43-5/h6-9,12-16,29,42H,10-11,17H2,1-5H3,(H,39,41)/t33-/m1/s1. The average molecular weight is 612 g/mol. The van der Waals surface area contributed by atoms with Crippen molar-refractivity contribution >= 4 is 16.8 Å². The van der Waals surface area contributed by atoms with Crippen molar-refractivity contribution < 1.29 is 36.9 Å². The normalized spacial score (nSPS) is 18.2. The molecule has 1 fully saturated rings. The highest BCUT2D eigenvalue weighted by molar-refractivity contribution is 6.00. The third-order valence-electron chi connectivity index (χ3n) is 8.32. The number of benzene rings is 2. The van der Waals surface area contributed by atoms with E-state index in [2.05, 4.69) is 15.3 Å². The number of carbonyl (C=O) groups is 1. The molecule has 2 aromatic heterocycles. The maximum absolute atomic E-state index is 15.9. The van der Waals surface area contributed by atoms with E-state index in [-0.39, 0.29) is 40.4 Å². The molecule has 7 nitrogen and oxygen atoms in total. The first-order valence-corrected chi connectivity index (χ1v) is 14.0. The Balaban J connectivity index is 1.58. The van der Waals surface area contributed by atoms with Crippen LogP contribution in [0.5, 0.6) is 5.75 Å². The van der Waals surface area contributed by atoms with Gasteiger partial charge in [0.1, 0.15) is 28.4 Å². The molecular weight excluding hydrogens is 578 g/mol. The summed E-state index contributed by atoms with van der Waals surface area (Å²) in [4.78, 5) is 22.3. The largest absolute Gasteiger partial charge is 0.494 e. The van der Waals surface area contributed by atoms with E-state index in [9.17, 15) is 23.1 Å². The van der Waals surface area contributed by atoms with E-state index in [0.29, 0.717) is 29.5 Å². The molecule has 11 heteroatoms. The molecule has 2 N–H and O–H groups in total. The zero-order chi connectivity index (χ0) is 32.0. The maximum Gasteiger partial charge on any atom is 0.265 e. The Labute approximate surface area is 252 Å². The second-order valence-electron chi connectivity index (χ2n) is 12.1. The number of hydrogen-bond donors (Lipinski definition) is 2. The lowest BCUT2D eigenvalue weighted by Gasteiger charge is -2.40. The Bertz CT molecular complexity index is 1720. The van der Waals surface area contributed by atoms with Crippen molar-refractivity contribution in [3.63, 3.8) is 0 Å². The molecular formula is C33H33F4N3O4. The van der Waals surface area contributed by atoms with Crippen LogP contribution in [0.4, 0.5) is 17.6 Å². The van der Waals surface area contributed by atoms with E-state index < -0.39 is 40.6 Å². The Morgan fingerprint density at radius 1 is 1.14 bits per heavy atom. The summed E-state index contributed by atoms with van der Waals surface area (Å²) in [6.07, 6.45) is -1.10. The van der Waals surface area contributed by atoms with Crippen molar-refractivity contribution in [1.29, 1.82) is 0 Å². The van der Waals surface area contributed by atoms with Crippen molar-refractivity contribution in [1.82, 2.24) is 15.3 Å². The number of carbonyl (C=O) groups excluding carboxylic acids is 1. The molecule has 3 heterocycles. The Morgan fingerprint density at radius 2 is 1.84 bits per heavy atom. The molecule has 232 valence electrons. The van der Waals surface area contributed by atoms with Gasteiger partial charge in [-0.15, -0.1) is 0 Å². The molecule has 1 atom stereocenters. The molecule has 1 aliphatic rings. The molecule has 5 rings (SSSR count). The molecule has 0 unspecified atom stereocenters. The van der Waals surface area contributed by atoms with E-state index >= 15 is 4.39 Å². The second-order valence-corrected chi connectivity index (χ2v) is 12.1. The number of aliphatic hydroxyl groups is 1. The molecule has 0 aliphatic carbocycles.